The van der Waals surface area contributed by atoms with Gasteiger partial charge in [-0.05, 0) is 97.2 Å². The van der Waals surface area contributed by atoms with Crippen molar-refractivity contribution in [3.63, 3.8) is 0 Å². The predicted molar refractivity (Wildman–Crippen MR) is 167 cm³/mol. The molecule has 0 aliphatic rings. The second-order valence-electron chi connectivity index (χ2n) is 8.30. The Hall–Kier alpha value is -3.83. The van der Waals surface area contributed by atoms with Crippen LogP contribution in [0.2, 0.25) is 0 Å². The number of benzene rings is 4. The molecule has 0 atom stereocenters. The van der Waals surface area contributed by atoms with Gasteiger partial charge in [-0.3, -0.25) is 35.5 Å². The van der Waals surface area contributed by atoms with Crippen LogP contribution in [-0.4, -0.2) is 23.0 Å². The number of nitrogens with two attached hydrogens (primary N) is 1. The smallest absolute Gasteiger partial charge is 0.269 e. The lowest BCUT2D eigenvalue weighted by Gasteiger charge is -2.09. The van der Waals surface area contributed by atoms with Crippen molar-refractivity contribution in [3.8, 4) is 0 Å². The first-order valence-electron chi connectivity index (χ1n) is 12.0. The van der Waals surface area contributed by atoms with Gasteiger partial charge in [-0.2, -0.15) is 0 Å². The van der Waals surface area contributed by atoms with Crippen molar-refractivity contribution in [2.75, 3.05) is 0 Å². The van der Waals surface area contributed by atoms with E-state index in [4.69, 9.17) is 17.4 Å². The number of nitrogens with one attached hydrogen (secondary N) is 3. The van der Waals surface area contributed by atoms with Gasteiger partial charge in [0.25, 0.3) is 23.0 Å². The van der Waals surface area contributed by atoms with E-state index in [0.717, 1.165) is 20.1 Å². The molecule has 3 amide bonds. The fraction of sp³-hybridized carbons (Fsp3) is 0.0667. The Morgan fingerprint density at radius 2 is 0.976 bits per heavy atom. The van der Waals surface area contributed by atoms with Crippen LogP contribution in [0.3, 0.4) is 0 Å². The van der Waals surface area contributed by atoms with Gasteiger partial charge in [-0.25, -0.2) is 5.84 Å². The molecule has 5 N–H and O–H groups in total. The molecule has 41 heavy (non-hydrogen) atoms. The van der Waals surface area contributed by atoms with Crippen molar-refractivity contribution in [3.05, 3.63) is 139 Å². The third-order valence-corrected chi connectivity index (χ3v) is 6.64. The summed E-state index contributed by atoms with van der Waals surface area (Å²) < 4.78 is 1.82. The van der Waals surface area contributed by atoms with Gasteiger partial charge in [0.1, 0.15) is 0 Å². The molecule has 4 aromatic rings. The normalized spacial score (nSPS) is 9.61. The zero-order valence-corrected chi connectivity index (χ0v) is 26.0. The topological polar surface area (TPSA) is 130 Å². The highest BCUT2D eigenvalue weighted by Gasteiger charge is 2.10. The zero-order chi connectivity index (χ0) is 30.4. The third kappa shape index (κ3) is 11.3. The number of carbonyl (C=O) groups excluding carboxylic acids is 4. The lowest BCUT2D eigenvalue weighted by atomic mass is 10.1. The Morgan fingerprint density at radius 3 is 1.37 bits per heavy atom. The van der Waals surface area contributed by atoms with Crippen LogP contribution < -0.4 is 22.1 Å². The summed E-state index contributed by atoms with van der Waals surface area (Å²) >= 11 is 11.8. The number of hydrogen-bond acceptors (Lipinski definition) is 5. The maximum atomic E-state index is 11.9. The molecule has 212 valence electrons. The molecule has 0 bridgehead atoms. The van der Waals surface area contributed by atoms with Crippen molar-refractivity contribution in [1.82, 2.24) is 16.3 Å². The van der Waals surface area contributed by atoms with Gasteiger partial charge in [-0.1, -0.05) is 68.3 Å². The first-order valence-corrected chi connectivity index (χ1v) is 13.9. The number of rotatable bonds is 4. The van der Waals surface area contributed by atoms with Crippen LogP contribution in [0.4, 0.5) is 0 Å². The molecule has 0 saturated carbocycles. The Balaban J connectivity index is 0.000000236. The molecule has 0 spiro atoms. The molecule has 0 unspecified atom stereocenters. The Kier molecular flexibility index (Phi) is 13.9. The number of halogens is 3. The maximum absolute atomic E-state index is 11.9. The molecule has 8 nitrogen and oxygen atoms in total. The van der Waals surface area contributed by atoms with Gasteiger partial charge < -0.3 is 0 Å². The van der Waals surface area contributed by atoms with Crippen LogP contribution in [0.1, 0.15) is 52.6 Å². The van der Waals surface area contributed by atoms with Gasteiger partial charge in [-0.15, -0.1) is 0 Å². The number of aryl methyl sites for hydroxylation is 2. The van der Waals surface area contributed by atoms with Crippen LogP contribution in [-0.2, 0) is 0 Å². The largest absolute Gasteiger partial charge is 0.290 e. The first-order chi connectivity index (χ1) is 19.5. The Labute approximate surface area is 259 Å². The minimum Gasteiger partial charge on any atom is -0.290 e. The van der Waals surface area contributed by atoms with Crippen LogP contribution in [0, 0.1) is 13.8 Å². The molecule has 0 aliphatic carbocycles. The summed E-state index contributed by atoms with van der Waals surface area (Å²) in [6.45, 7) is 3.70. The molecule has 4 rings (SSSR count). The van der Waals surface area contributed by atoms with Gasteiger partial charge in [0, 0.05) is 31.2 Å². The second kappa shape index (κ2) is 17.1. The number of nitrogen functional groups attached to an aromatic ring is 1. The van der Waals surface area contributed by atoms with Gasteiger partial charge >= 0.3 is 0 Å². The quantitative estimate of drug-likeness (QED) is 0.0864. The number of amides is 3. The summed E-state index contributed by atoms with van der Waals surface area (Å²) in [6, 6.07) is 28.2. The van der Waals surface area contributed by atoms with E-state index in [1.54, 1.807) is 72.8 Å². The van der Waals surface area contributed by atoms with Crippen molar-refractivity contribution in [2.24, 2.45) is 5.84 Å². The van der Waals surface area contributed by atoms with E-state index in [1.165, 1.54) is 0 Å². The lowest BCUT2D eigenvalue weighted by molar-refractivity contribution is 0.0846. The molecule has 0 fully saturated rings. The highest BCUT2D eigenvalue weighted by atomic mass is 79.9. The Morgan fingerprint density at radius 1 is 0.585 bits per heavy atom. The predicted octanol–water partition coefficient (Wildman–Crippen LogP) is 6.26. The SMILES string of the molecule is Cc1ccccc1C(=O)Cl.Cc1ccccc1C(=O)NNC(=O)c1ccc(Br)cc1.NNC(=O)c1ccc(Br)cc1. The average Bonchev–Trinajstić information content (AvgIpc) is 2.97. The number of carbonyl (C=O) groups is 4. The van der Waals surface area contributed by atoms with Crippen molar-refractivity contribution in [1.29, 1.82) is 0 Å². The molecule has 0 aromatic heterocycles. The number of hydrogen-bond donors (Lipinski definition) is 4. The standard InChI is InChI=1S/C15H13BrN2O2.C8H7ClO.C7H7BrN2O/c1-10-4-2-3-5-13(10)15(20)18-17-14(19)11-6-8-12(16)9-7-11;1-6-4-2-3-5-7(6)8(9)10;8-6-3-1-5(2-4-6)7(11)10-9/h2-9H,1H3,(H,17,19)(H,18,20);2-5H,1H3;1-4H,9H2,(H,10,11). The summed E-state index contributed by atoms with van der Waals surface area (Å²) in [5, 5.41) is -0.391. The van der Waals surface area contributed by atoms with E-state index in [-0.39, 0.29) is 17.7 Å². The van der Waals surface area contributed by atoms with E-state index in [0.29, 0.717) is 22.3 Å². The summed E-state index contributed by atoms with van der Waals surface area (Å²) in [5.74, 6) is 3.95. The summed E-state index contributed by atoms with van der Waals surface area (Å²) in [6.07, 6.45) is 0. The third-order valence-electron chi connectivity index (χ3n) is 5.38. The van der Waals surface area contributed by atoms with Crippen LogP contribution in [0.25, 0.3) is 0 Å². The van der Waals surface area contributed by atoms with Gasteiger partial charge in [0.05, 0.1) is 0 Å². The van der Waals surface area contributed by atoms with Crippen molar-refractivity contribution < 1.29 is 19.2 Å². The second-order valence-corrected chi connectivity index (χ2v) is 10.5. The van der Waals surface area contributed by atoms with Gasteiger partial charge in [0.2, 0.25) is 0 Å². The van der Waals surface area contributed by atoms with E-state index < -0.39 is 5.24 Å². The first kappa shape index (κ1) is 33.4. The monoisotopic (exact) mass is 700 g/mol. The maximum Gasteiger partial charge on any atom is 0.269 e. The fourth-order valence-electron chi connectivity index (χ4n) is 3.16. The zero-order valence-electron chi connectivity index (χ0n) is 22.1. The van der Waals surface area contributed by atoms with E-state index in [2.05, 4.69) is 42.7 Å². The molecule has 0 radical (unpaired) electrons. The van der Waals surface area contributed by atoms with Gasteiger partial charge in [0.15, 0.2) is 0 Å². The van der Waals surface area contributed by atoms with Crippen molar-refractivity contribution in [2.45, 2.75) is 13.8 Å². The van der Waals surface area contributed by atoms with E-state index in [9.17, 15) is 19.2 Å². The molecular formula is C30H27Br2ClN4O4. The van der Waals surface area contributed by atoms with Crippen LogP contribution >= 0.6 is 43.5 Å². The average molecular weight is 703 g/mol. The van der Waals surface area contributed by atoms with E-state index >= 15 is 0 Å². The van der Waals surface area contributed by atoms with Crippen LogP contribution in [0.5, 0.6) is 0 Å². The molecule has 0 aliphatic heterocycles. The minimum atomic E-state index is -0.391. The molecule has 0 heterocycles. The summed E-state index contributed by atoms with van der Waals surface area (Å²) in [5.41, 5.74) is 10.7. The van der Waals surface area contributed by atoms with E-state index in [1.807, 2.05) is 43.5 Å². The lowest BCUT2D eigenvalue weighted by Crippen LogP contribution is -2.41. The summed E-state index contributed by atoms with van der Waals surface area (Å²) in [7, 11) is 0. The number of hydrazine groups is 2. The fourth-order valence-corrected chi connectivity index (χ4v) is 3.90. The summed E-state index contributed by atoms with van der Waals surface area (Å²) in [4.78, 5) is 45.3. The van der Waals surface area contributed by atoms with Crippen LogP contribution in [0.15, 0.2) is 106 Å². The minimum absolute atomic E-state index is 0.280. The molecule has 0 saturated heterocycles. The Bertz CT molecular complexity index is 1500. The highest BCUT2D eigenvalue weighted by Crippen LogP contribution is 2.12. The van der Waals surface area contributed by atoms with Crippen molar-refractivity contribution >= 4 is 66.4 Å². The highest BCUT2D eigenvalue weighted by molar-refractivity contribution is 9.10. The molecule has 4 aromatic carbocycles. The molecular weight excluding hydrogens is 676 g/mol. The molecule has 11 heteroatoms.